The van der Waals surface area contributed by atoms with Gasteiger partial charge in [0.2, 0.25) is 0 Å². The lowest BCUT2D eigenvalue weighted by molar-refractivity contribution is 0.0697. The SMILES string of the molecule is N#Cc1ccc(-c2ccc3c(c2)OCC[C@@H]3CNc2cnccc2C(=O)O)cc1Cl. The van der Waals surface area contributed by atoms with Crippen molar-refractivity contribution in [3.8, 4) is 22.9 Å². The van der Waals surface area contributed by atoms with Crippen LogP contribution in [0.1, 0.15) is 33.8 Å². The molecule has 0 amide bonds. The minimum Gasteiger partial charge on any atom is -0.493 e. The summed E-state index contributed by atoms with van der Waals surface area (Å²) in [5.74, 6) is -0.0112. The third-order valence-electron chi connectivity index (χ3n) is 5.19. The molecule has 7 heteroatoms. The molecule has 0 fully saturated rings. The fourth-order valence-corrected chi connectivity index (χ4v) is 3.82. The summed E-state index contributed by atoms with van der Waals surface area (Å²) in [5.41, 5.74) is 4.07. The van der Waals surface area contributed by atoms with Gasteiger partial charge in [0.1, 0.15) is 11.8 Å². The predicted octanol–water partition coefficient (Wildman–Crippen LogP) is 4.95. The van der Waals surface area contributed by atoms with Gasteiger partial charge in [-0.3, -0.25) is 4.98 Å². The molecule has 2 N–H and O–H groups in total. The number of fused-ring (bicyclic) bond motifs is 1. The summed E-state index contributed by atoms with van der Waals surface area (Å²) in [7, 11) is 0. The van der Waals surface area contributed by atoms with Crippen molar-refractivity contribution in [3.05, 3.63) is 76.6 Å². The van der Waals surface area contributed by atoms with Crippen molar-refractivity contribution >= 4 is 23.3 Å². The van der Waals surface area contributed by atoms with Gasteiger partial charge in [0.05, 0.1) is 34.6 Å². The molecule has 4 rings (SSSR count). The zero-order chi connectivity index (χ0) is 21.1. The van der Waals surface area contributed by atoms with E-state index in [2.05, 4.69) is 16.4 Å². The maximum absolute atomic E-state index is 11.4. The molecule has 1 aliphatic heterocycles. The molecule has 0 spiro atoms. The lowest BCUT2D eigenvalue weighted by Gasteiger charge is -2.27. The van der Waals surface area contributed by atoms with E-state index in [0.717, 1.165) is 28.9 Å². The van der Waals surface area contributed by atoms with Gasteiger partial charge in [-0.15, -0.1) is 0 Å². The highest BCUT2D eigenvalue weighted by Gasteiger charge is 2.23. The molecule has 2 aromatic carbocycles. The quantitative estimate of drug-likeness (QED) is 0.607. The van der Waals surface area contributed by atoms with E-state index in [1.807, 2.05) is 24.3 Å². The number of ether oxygens (including phenoxy) is 1. The molecule has 2 heterocycles. The van der Waals surface area contributed by atoms with Crippen LogP contribution in [-0.2, 0) is 0 Å². The Labute approximate surface area is 178 Å². The molecule has 0 saturated heterocycles. The zero-order valence-electron chi connectivity index (χ0n) is 15.9. The second-order valence-corrected chi connectivity index (χ2v) is 7.41. The maximum atomic E-state index is 11.4. The van der Waals surface area contributed by atoms with Crippen molar-refractivity contribution in [2.24, 2.45) is 0 Å². The number of hydrogen-bond donors (Lipinski definition) is 2. The van der Waals surface area contributed by atoms with Gasteiger partial charge in [0.25, 0.3) is 0 Å². The molecule has 3 aromatic rings. The fourth-order valence-electron chi connectivity index (χ4n) is 3.60. The summed E-state index contributed by atoms with van der Waals surface area (Å²) >= 11 is 6.17. The number of pyridine rings is 1. The molecule has 30 heavy (non-hydrogen) atoms. The molecule has 0 bridgehead atoms. The van der Waals surface area contributed by atoms with Crippen LogP contribution in [0, 0.1) is 11.3 Å². The third-order valence-corrected chi connectivity index (χ3v) is 5.50. The number of anilines is 1. The van der Waals surface area contributed by atoms with E-state index < -0.39 is 5.97 Å². The van der Waals surface area contributed by atoms with E-state index in [0.29, 0.717) is 29.4 Å². The highest BCUT2D eigenvalue weighted by Crippen LogP contribution is 2.37. The molecule has 0 radical (unpaired) electrons. The molecular formula is C23H18ClN3O3. The second kappa shape index (κ2) is 8.44. The zero-order valence-corrected chi connectivity index (χ0v) is 16.7. The first kappa shape index (κ1) is 19.7. The number of halogens is 1. The van der Waals surface area contributed by atoms with Gasteiger partial charge in [0, 0.05) is 18.7 Å². The number of aromatic carboxylic acids is 1. The Morgan fingerprint density at radius 1 is 1.27 bits per heavy atom. The number of nitriles is 1. The van der Waals surface area contributed by atoms with E-state index in [1.54, 1.807) is 12.1 Å². The van der Waals surface area contributed by atoms with Crippen molar-refractivity contribution in [1.82, 2.24) is 4.98 Å². The van der Waals surface area contributed by atoms with Gasteiger partial charge in [0.15, 0.2) is 0 Å². The summed E-state index contributed by atoms with van der Waals surface area (Å²) in [6, 6.07) is 14.9. The number of hydrogen-bond acceptors (Lipinski definition) is 5. The highest BCUT2D eigenvalue weighted by molar-refractivity contribution is 6.32. The van der Waals surface area contributed by atoms with Gasteiger partial charge in [-0.2, -0.15) is 5.26 Å². The van der Waals surface area contributed by atoms with Crippen LogP contribution in [0.5, 0.6) is 5.75 Å². The molecule has 0 aliphatic carbocycles. The Kier molecular flexibility index (Phi) is 5.55. The van der Waals surface area contributed by atoms with Crippen LogP contribution >= 0.6 is 11.6 Å². The lowest BCUT2D eigenvalue weighted by Crippen LogP contribution is -2.21. The second-order valence-electron chi connectivity index (χ2n) is 7.00. The van der Waals surface area contributed by atoms with Gasteiger partial charge in [-0.25, -0.2) is 4.79 Å². The summed E-state index contributed by atoms with van der Waals surface area (Å²) in [5, 5.41) is 22.0. The van der Waals surface area contributed by atoms with Crippen LogP contribution in [0.15, 0.2) is 54.9 Å². The van der Waals surface area contributed by atoms with Crippen LogP contribution in [0.2, 0.25) is 5.02 Å². The monoisotopic (exact) mass is 419 g/mol. The molecule has 6 nitrogen and oxygen atoms in total. The number of nitrogens with zero attached hydrogens (tertiary/aromatic N) is 2. The smallest absolute Gasteiger partial charge is 0.337 e. The Balaban J connectivity index is 1.56. The number of carboxylic acid groups (broad SMARTS) is 1. The van der Waals surface area contributed by atoms with Crippen molar-refractivity contribution in [2.75, 3.05) is 18.5 Å². The van der Waals surface area contributed by atoms with Crippen molar-refractivity contribution < 1.29 is 14.6 Å². The maximum Gasteiger partial charge on any atom is 0.337 e. The van der Waals surface area contributed by atoms with E-state index in [4.69, 9.17) is 21.6 Å². The van der Waals surface area contributed by atoms with Crippen LogP contribution in [-0.4, -0.2) is 29.2 Å². The fraction of sp³-hybridized carbons (Fsp3) is 0.174. The van der Waals surface area contributed by atoms with Gasteiger partial charge in [-0.1, -0.05) is 29.8 Å². The Hall–Kier alpha value is -3.56. The van der Waals surface area contributed by atoms with E-state index in [1.165, 1.54) is 18.5 Å². The molecule has 1 atom stereocenters. The van der Waals surface area contributed by atoms with Crippen molar-refractivity contribution in [1.29, 1.82) is 5.26 Å². The summed E-state index contributed by atoms with van der Waals surface area (Å²) in [6.07, 6.45) is 3.82. The molecule has 150 valence electrons. The van der Waals surface area contributed by atoms with Gasteiger partial charge in [-0.05, 0) is 47.4 Å². The molecule has 1 aromatic heterocycles. The summed E-state index contributed by atoms with van der Waals surface area (Å²) < 4.78 is 5.89. The average Bonchev–Trinajstić information content (AvgIpc) is 2.77. The number of benzene rings is 2. The Morgan fingerprint density at radius 3 is 2.83 bits per heavy atom. The third kappa shape index (κ3) is 3.93. The first-order valence-corrected chi connectivity index (χ1v) is 9.82. The highest BCUT2D eigenvalue weighted by atomic mass is 35.5. The average molecular weight is 420 g/mol. The summed E-state index contributed by atoms with van der Waals surface area (Å²) in [6.45, 7) is 1.15. The number of rotatable bonds is 5. The molecule has 0 unspecified atom stereocenters. The Morgan fingerprint density at radius 2 is 2.07 bits per heavy atom. The number of aromatic nitrogens is 1. The molecule has 0 saturated carbocycles. The molecule has 1 aliphatic rings. The first-order valence-electron chi connectivity index (χ1n) is 9.44. The van der Waals surface area contributed by atoms with Gasteiger partial charge >= 0.3 is 5.97 Å². The molecular weight excluding hydrogens is 402 g/mol. The van der Waals surface area contributed by atoms with E-state index in [-0.39, 0.29) is 11.5 Å². The minimum absolute atomic E-state index is 0.175. The van der Waals surface area contributed by atoms with E-state index in [9.17, 15) is 9.90 Å². The number of carbonyl (C=O) groups is 1. The normalized spacial score (nSPS) is 14.9. The van der Waals surface area contributed by atoms with Crippen molar-refractivity contribution in [3.63, 3.8) is 0 Å². The Bertz CT molecular complexity index is 1160. The number of carboxylic acids is 1. The van der Waals surface area contributed by atoms with Crippen molar-refractivity contribution in [2.45, 2.75) is 12.3 Å². The van der Waals surface area contributed by atoms with Crippen LogP contribution in [0.4, 0.5) is 5.69 Å². The largest absolute Gasteiger partial charge is 0.493 e. The minimum atomic E-state index is -0.988. The van der Waals surface area contributed by atoms with Crippen LogP contribution < -0.4 is 10.1 Å². The predicted molar refractivity (Wildman–Crippen MR) is 114 cm³/mol. The number of nitrogens with one attached hydrogen (secondary N) is 1. The van der Waals surface area contributed by atoms with Crippen LogP contribution in [0.3, 0.4) is 0 Å². The van der Waals surface area contributed by atoms with E-state index >= 15 is 0 Å². The standard InChI is InChI=1S/C23H18ClN3O3/c24-20-9-14(1-2-16(20)11-25)15-3-4-18-17(6-8-30-22(18)10-15)12-27-21-13-26-7-5-19(21)23(28)29/h1-5,7,9-10,13,17,27H,6,8,12H2,(H,28,29)/t17-/m1/s1. The first-order chi connectivity index (χ1) is 14.6. The van der Waals surface area contributed by atoms with Gasteiger partial charge < -0.3 is 15.2 Å². The summed E-state index contributed by atoms with van der Waals surface area (Å²) in [4.78, 5) is 15.4. The van der Waals surface area contributed by atoms with Crippen LogP contribution in [0.25, 0.3) is 11.1 Å². The topological polar surface area (TPSA) is 95.2 Å². The lowest BCUT2D eigenvalue weighted by atomic mass is 9.90.